The fraction of sp³-hybridized carbons (Fsp3) is 0.889. The van der Waals surface area contributed by atoms with Crippen molar-refractivity contribution in [3.05, 3.63) is 0 Å². The predicted octanol–water partition coefficient (Wildman–Crippen LogP) is -1.02. The van der Waals surface area contributed by atoms with Crippen molar-refractivity contribution in [2.75, 3.05) is 33.7 Å². The van der Waals surface area contributed by atoms with E-state index in [-0.39, 0.29) is 11.7 Å². The van der Waals surface area contributed by atoms with Crippen LogP contribution in [0.1, 0.15) is 6.42 Å². The summed E-state index contributed by atoms with van der Waals surface area (Å²) in [6.45, 7) is 2.17. The third-order valence-corrected chi connectivity index (χ3v) is 2.63. The average Bonchev–Trinajstić information content (AvgIpc) is 2.47. The van der Waals surface area contributed by atoms with Crippen LogP contribution in [0.25, 0.3) is 0 Å². The summed E-state index contributed by atoms with van der Waals surface area (Å²) < 4.78 is 0. The van der Waals surface area contributed by atoms with E-state index in [1.54, 1.807) is 7.05 Å². The van der Waals surface area contributed by atoms with Crippen LogP contribution in [0, 0.1) is 0 Å². The predicted molar refractivity (Wildman–Crippen MR) is 57.5 cm³/mol. The molecular weight excluding hydrogens is 177 g/mol. The van der Waals surface area contributed by atoms with Gasteiger partial charge in [0.15, 0.2) is 0 Å². The highest BCUT2D eigenvalue weighted by Crippen LogP contribution is 2.24. The first-order valence-electron chi connectivity index (χ1n) is 5.02. The Morgan fingerprint density at radius 2 is 2.29 bits per heavy atom. The molecule has 5 heteroatoms. The summed E-state index contributed by atoms with van der Waals surface area (Å²) >= 11 is 0. The van der Waals surface area contributed by atoms with Gasteiger partial charge in [0.05, 0.1) is 14.4 Å². The molecule has 0 aromatic heterocycles. The topological polar surface area (TPSA) is 44.4 Å². The molecule has 2 atom stereocenters. The number of nitrogens with zero attached hydrogens (tertiary/aromatic N) is 1. The highest BCUT2D eigenvalue weighted by Gasteiger charge is 2.29. The Hall–Kier alpha value is -0.545. The second-order valence-electron chi connectivity index (χ2n) is 3.81. The average molecular weight is 195 g/mol. The summed E-state index contributed by atoms with van der Waals surface area (Å²) in [6.07, 6.45) is 0.970. The van der Waals surface area contributed by atoms with Gasteiger partial charge in [-0.1, -0.05) is 5.82 Å². The van der Waals surface area contributed by atoms with Crippen molar-refractivity contribution < 1.29 is 4.79 Å². The molecule has 2 N–H and O–H groups in total. The summed E-state index contributed by atoms with van der Waals surface area (Å²) in [7, 11) is 9.44. The maximum atomic E-state index is 11.2. The summed E-state index contributed by atoms with van der Waals surface area (Å²) in [5.41, 5.74) is 0. The standard InChI is InChI=1S/C9H18BN3O/c1-11-4-8-3-7(10)5-13(8)6-9(14)12-2/h7-8,11H,3-6H2,1-2H3,(H,12,14)/t7-,8-/m0/s1. The van der Waals surface area contributed by atoms with Crippen LogP contribution < -0.4 is 10.6 Å². The quantitative estimate of drug-likeness (QED) is 0.564. The molecule has 1 aliphatic rings. The van der Waals surface area contributed by atoms with Gasteiger partial charge in [-0.2, -0.15) is 0 Å². The number of likely N-dealkylation sites (N-methyl/N-ethyl adjacent to an activating group) is 2. The zero-order valence-electron chi connectivity index (χ0n) is 8.92. The lowest BCUT2D eigenvalue weighted by atomic mass is 9.85. The molecule has 0 bridgehead atoms. The zero-order valence-corrected chi connectivity index (χ0v) is 8.92. The number of nitrogens with one attached hydrogen (secondary N) is 2. The molecule has 0 unspecified atom stereocenters. The van der Waals surface area contributed by atoms with Gasteiger partial charge in [0.25, 0.3) is 0 Å². The lowest BCUT2D eigenvalue weighted by Crippen LogP contribution is -2.42. The Balaban J connectivity index is 2.44. The van der Waals surface area contributed by atoms with Crippen molar-refractivity contribution in [1.82, 2.24) is 15.5 Å². The molecule has 0 aliphatic carbocycles. The highest BCUT2D eigenvalue weighted by atomic mass is 16.1. The fourth-order valence-corrected chi connectivity index (χ4v) is 1.93. The third-order valence-electron chi connectivity index (χ3n) is 2.63. The van der Waals surface area contributed by atoms with E-state index in [4.69, 9.17) is 7.85 Å². The Bertz CT molecular complexity index is 200. The summed E-state index contributed by atoms with van der Waals surface area (Å²) in [6, 6.07) is 0.396. The minimum absolute atomic E-state index is 0.0557. The van der Waals surface area contributed by atoms with Crippen LogP contribution in [0.4, 0.5) is 0 Å². The van der Waals surface area contributed by atoms with Gasteiger partial charge in [0.2, 0.25) is 5.91 Å². The van der Waals surface area contributed by atoms with Crippen molar-refractivity contribution in [2.24, 2.45) is 0 Å². The highest BCUT2D eigenvalue weighted by molar-refractivity contribution is 6.12. The van der Waals surface area contributed by atoms with Gasteiger partial charge in [0.1, 0.15) is 0 Å². The van der Waals surface area contributed by atoms with E-state index in [0.29, 0.717) is 12.6 Å². The number of hydrogen-bond donors (Lipinski definition) is 2. The molecule has 1 rings (SSSR count). The van der Waals surface area contributed by atoms with E-state index in [0.717, 1.165) is 19.5 Å². The molecule has 1 amide bonds. The zero-order chi connectivity index (χ0) is 10.6. The number of rotatable bonds is 4. The second-order valence-corrected chi connectivity index (χ2v) is 3.81. The van der Waals surface area contributed by atoms with Crippen molar-refractivity contribution in [3.8, 4) is 0 Å². The number of hydrogen-bond acceptors (Lipinski definition) is 3. The maximum absolute atomic E-state index is 11.2. The van der Waals surface area contributed by atoms with E-state index in [1.165, 1.54) is 0 Å². The van der Waals surface area contributed by atoms with Gasteiger partial charge in [-0.15, -0.1) is 0 Å². The van der Waals surface area contributed by atoms with Gasteiger partial charge >= 0.3 is 0 Å². The molecule has 0 aromatic carbocycles. The number of amides is 1. The Morgan fingerprint density at radius 1 is 1.57 bits per heavy atom. The molecule has 0 saturated carbocycles. The van der Waals surface area contributed by atoms with Gasteiger partial charge in [-0.3, -0.25) is 9.69 Å². The van der Waals surface area contributed by atoms with Crippen molar-refractivity contribution in [1.29, 1.82) is 0 Å². The monoisotopic (exact) mass is 195 g/mol. The van der Waals surface area contributed by atoms with Crippen molar-refractivity contribution in [3.63, 3.8) is 0 Å². The SMILES string of the molecule is [B][C@H]1C[C@@H](CNC)N(CC(=O)NC)C1. The number of carbonyl (C=O) groups excluding carboxylic acids is 1. The summed E-state index contributed by atoms with van der Waals surface area (Å²) in [5.74, 6) is 0.262. The molecule has 78 valence electrons. The first kappa shape index (κ1) is 11.5. The van der Waals surface area contributed by atoms with E-state index in [1.807, 2.05) is 7.05 Å². The van der Waals surface area contributed by atoms with Crippen LogP contribution >= 0.6 is 0 Å². The molecule has 4 nitrogen and oxygen atoms in total. The fourth-order valence-electron chi connectivity index (χ4n) is 1.93. The van der Waals surface area contributed by atoms with Crippen LogP contribution in [0.3, 0.4) is 0 Å². The van der Waals surface area contributed by atoms with E-state index in [2.05, 4.69) is 15.5 Å². The Morgan fingerprint density at radius 3 is 2.86 bits per heavy atom. The molecular formula is C9H18BN3O. The van der Waals surface area contributed by atoms with Crippen LogP contribution in [0.2, 0.25) is 5.82 Å². The lowest BCUT2D eigenvalue weighted by Gasteiger charge is -2.23. The molecule has 14 heavy (non-hydrogen) atoms. The van der Waals surface area contributed by atoms with E-state index in [9.17, 15) is 4.79 Å². The third kappa shape index (κ3) is 2.99. The van der Waals surface area contributed by atoms with Crippen LogP contribution in [0.5, 0.6) is 0 Å². The number of carbonyl (C=O) groups is 1. The van der Waals surface area contributed by atoms with Gasteiger partial charge in [-0.25, -0.2) is 0 Å². The maximum Gasteiger partial charge on any atom is 0.233 e. The minimum atomic E-state index is 0.0557. The van der Waals surface area contributed by atoms with Crippen LogP contribution in [-0.4, -0.2) is 58.4 Å². The summed E-state index contributed by atoms with van der Waals surface area (Å²) in [4.78, 5) is 13.3. The second kappa shape index (κ2) is 5.36. The molecule has 2 radical (unpaired) electrons. The smallest absolute Gasteiger partial charge is 0.233 e. The lowest BCUT2D eigenvalue weighted by molar-refractivity contribution is -0.121. The first-order valence-corrected chi connectivity index (χ1v) is 5.02. The normalized spacial score (nSPS) is 27.9. The van der Waals surface area contributed by atoms with Crippen molar-refractivity contribution in [2.45, 2.75) is 18.3 Å². The van der Waals surface area contributed by atoms with Crippen LogP contribution in [-0.2, 0) is 4.79 Å². The molecule has 1 aliphatic heterocycles. The molecule has 0 spiro atoms. The molecule has 1 fully saturated rings. The molecule has 1 heterocycles. The van der Waals surface area contributed by atoms with E-state index >= 15 is 0 Å². The molecule has 1 saturated heterocycles. The first-order chi connectivity index (χ1) is 6.67. The van der Waals surface area contributed by atoms with Gasteiger partial charge in [-0.05, 0) is 20.0 Å². The molecule has 0 aromatic rings. The van der Waals surface area contributed by atoms with E-state index < -0.39 is 0 Å². The van der Waals surface area contributed by atoms with Gasteiger partial charge < -0.3 is 10.6 Å². The van der Waals surface area contributed by atoms with Gasteiger partial charge in [0, 0.05) is 19.6 Å². The largest absolute Gasteiger partial charge is 0.358 e. The van der Waals surface area contributed by atoms with Crippen LogP contribution in [0.15, 0.2) is 0 Å². The van der Waals surface area contributed by atoms with Crippen molar-refractivity contribution >= 4 is 13.8 Å². The number of likely N-dealkylation sites (tertiary alicyclic amines) is 1. The summed E-state index contributed by atoms with van der Waals surface area (Å²) in [5, 5.41) is 5.75. The Labute approximate surface area is 86.8 Å². The minimum Gasteiger partial charge on any atom is -0.358 e. The Kier molecular flexibility index (Phi) is 4.42.